The Morgan fingerprint density at radius 3 is 2.14 bits per heavy atom. The summed E-state index contributed by atoms with van der Waals surface area (Å²) in [5, 5.41) is 12.3. The second-order valence-corrected chi connectivity index (χ2v) is 10.9. The first-order valence-corrected chi connectivity index (χ1v) is 12.2. The van der Waals surface area contributed by atoms with Crippen LogP contribution in [0.25, 0.3) is 11.1 Å². The first kappa shape index (κ1) is 24.8. The van der Waals surface area contributed by atoms with Gasteiger partial charge < -0.3 is 20.1 Å². The molecule has 2 N–H and O–H groups in total. The van der Waals surface area contributed by atoms with E-state index < -0.39 is 29.4 Å². The maximum atomic E-state index is 13.4. The molecule has 1 fully saturated rings. The van der Waals surface area contributed by atoms with E-state index in [-0.39, 0.29) is 30.9 Å². The second-order valence-electron chi connectivity index (χ2n) is 10.9. The molecule has 0 aromatic heterocycles. The minimum atomic E-state index is -0.897. The van der Waals surface area contributed by atoms with Crippen molar-refractivity contribution in [2.24, 2.45) is 17.3 Å². The third kappa shape index (κ3) is 5.19. The topological polar surface area (TPSA) is 95.9 Å². The number of carbonyl (C=O) groups excluding carboxylic acids is 2. The van der Waals surface area contributed by atoms with Gasteiger partial charge in [0, 0.05) is 19.0 Å². The molecule has 35 heavy (non-hydrogen) atoms. The third-order valence-electron chi connectivity index (χ3n) is 7.04. The number of carbonyl (C=O) groups is 3. The molecule has 7 heteroatoms. The fraction of sp³-hybridized carbons (Fsp3) is 0.464. The number of carboxylic acids is 1. The lowest BCUT2D eigenvalue weighted by Crippen LogP contribution is -2.57. The summed E-state index contributed by atoms with van der Waals surface area (Å²) in [5.74, 6) is -1.77. The molecule has 0 spiro atoms. The van der Waals surface area contributed by atoms with E-state index in [4.69, 9.17) is 4.74 Å². The number of nitrogens with one attached hydrogen (secondary N) is 1. The predicted molar refractivity (Wildman–Crippen MR) is 133 cm³/mol. The van der Waals surface area contributed by atoms with E-state index in [9.17, 15) is 19.5 Å². The first-order chi connectivity index (χ1) is 16.6. The highest BCUT2D eigenvalue weighted by Crippen LogP contribution is 2.44. The van der Waals surface area contributed by atoms with Crippen molar-refractivity contribution in [1.82, 2.24) is 10.2 Å². The molecule has 2 aromatic carbocycles. The Bertz CT molecular complexity index is 1080. The number of rotatable bonds is 5. The molecule has 3 unspecified atom stereocenters. The zero-order chi connectivity index (χ0) is 25.3. The summed E-state index contributed by atoms with van der Waals surface area (Å²) in [7, 11) is 0. The average molecular weight is 479 g/mol. The van der Waals surface area contributed by atoms with E-state index in [1.807, 2.05) is 52.0 Å². The Balaban J connectivity index is 1.46. The number of nitrogens with zero attached hydrogens (tertiary/aromatic N) is 1. The maximum Gasteiger partial charge on any atom is 0.407 e. The summed E-state index contributed by atoms with van der Waals surface area (Å²) in [6.45, 7) is 8.36. The Kier molecular flexibility index (Phi) is 6.88. The summed E-state index contributed by atoms with van der Waals surface area (Å²) in [4.78, 5) is 39.5. The van der Waals surface area contributed by atoms with E-state index in [1.165, 1.54) is 0 Å². The number of hydrogen-bond donors (Lipinski definition) is 2. The maximum absolute atomic E-state index is 13.4. The Morgan fingerprint density at radius 2 is 1.60 bits per heavy atom. The molecule has 7 nitrogen and oxygen atoms in total. The second kappa shape index (κ2) is 9.72. The summed E-state index contributed by atoms with van der Waals surface area (Å²) in [6.07, 6.45) is -0.112. The van der Waals surface area contributed by atoms with Crippen LogP contribution in [-0.2, 0) is 14.3 Å². The van der Waals surface area contributed by atoms with E-state index >= 15 is 0 Å². The van der Waals surface area contributed by atoms with Gasteiger partial charge in [-0.15, -0.1) is 0 Å². The fourth-order valence-electron chi connectivity index (χ4n) is 5.30. The van der Waals surface area contributed by atoms with Gasteiger partial charge in [0.2, 0.25) is 5.91 Å². The number of benzene rings is 2. The fourth-order valence-corrected chi connectivity index (χ4v) is 5.30. The lowest BCUT2D eigenvalue weighted by molar-refractivity contribution is -0.148. The van der Waals surface area contributed by atoms with Gasteiger partial charge in [0.25, 0.3) is 0 Å². The zero-order valence-electron chi connectivity index (χ0n) is 20.8. The van der Waals surface area contributed by atoms with Gasteiger partial charge in [-0.25, -0.2) is 4.79 Å². The van der Waals surface area contributed by atoms with E-state index in [2.05, 4.69) is 29.6 Å². The minimum absolute atomic E-state index is 0.0730. The van der Waals surface area contributed by atoms with Crippen LogP contribution in [0.15, 0.2) is 48.5 Å². The monoisotopic (exact) mass is 478 g/mol. The summed E-state index contributed by atoms with van der Waals surface area (Å²) < 4.78 is 5.67. The number of hydrogen-bond acceptors (Lipinski definition) is 4. The Morgan fingerprint density at radius 1 is 1.03 bits per heavy atom. The van der Waals surface area contributed by atoms with Crippen LogP contribution in [0.1, 0.15) is 51.2 Å². The Hall–Kier alpha value is -3.35. The van der Waals surface area contributed by atoms with E-state index in [0.717, 1.165) is 22.3 Å². The van der Waals surface area contributed by atoms with Crippen LogP contribution in [0.2, 0.25) is 0 Å². The molecular weight excluding hydrogens is 444 g/mol. The largest absolute Gasteiger partial charge is 0.481 e. The van der Waals surface area contributed by atoms with Crippen LogP contribution in [0.3, 0.4) is 0 Å². The summed E-state index contributed by atoms with van der Waals surface area (Å²) in [6, 6.07) is 15.4. The van der Waals surface area contributed by atoms with Crippen LogP contribution in [0.5, 0.6) is 0 Å². The molecule has 0 radical (unpaired) electrons. The van der Waals surface area contributed by atoms with Gasteiger partial charge in [-0.05, 0) is 40.0 Å². The van der Waals surface area contributed by atoms with Gasteiger partial charge in [0.05, 0.1) is 5.92 Å². The minimum Gasteiger partial charge on any atom is -0.481 e. The van der Waals surface area contributed by atoms with Gasteiger partial charge in [-0.3, -0.25) is 9.59 Å². The van der Waals surface area contributed by atoms with Crippen molar-refractivity contribution < 1.29 is 24.2 Å². The van der Waals surface area contributed by atoms with Gasteiger partial charge in [0.1, 0.15) is 12.6 Å². The molecule has 1 aliphatic heterocycles. The number of piperidine rings is 1. The lowest BCUT2D eigenvalue weighted by Gasteiger charge is -2.39. The van der Waals surface area contributed by atoms with Crippen molar-refractivity contribution in [2.75, 3.05) is 19.7 Å². The van der Waals surface area contributed by atoms with Crippen LogP contribution in [0, 0.1) is 17.3 Å². The number of alkyl carbamates (subject to hydrolysis) is 1. The number of amides is 2. The molecule has 3 atom stereocenters. The van der Waals surface area contributed by atoms with Crippen LogP contribution >= 0.6 is 0 Å². The number of fused-ring (bicyclic) bond motifs is 3. The van der Waals surface area contributed by atoms with Crippen LogP contribution in [0.4, 0.5) is 4.79 Å². The van der Waals surface area contributed by atoms with Gasteiger partial charge in [-0.1, -0.05) is 76.2 Å². The Labute approximate surface area is 206 Å². The molecule has 2 aliphatic rings. The molecular formula is C28H34N2O5. The van der Waals surface area contributed by atoms with Crippen molar-refractivity contribution in [3.05, 3.63) is 59.7 Å². The average Bonchev–Trinajstić information content (AvgIpc) is 3.13. The van der Waals surface area contributed by atoms with E-state index in [0.29, 0.717) is 13.0 Å². The highest BCUT2D eigenvalue weighted by molar-refractivity contribution is 5.87. The van der Waals surface area contributed by atoms with Crippen molar-refractivity contribution in [3.63, 3.8) is 0 Å². The quantitative estimate of drug-likeness (QED) is 0.659. The molecule has 0 saturated carbocycles. The molecule has 0 bridgehead atoms. The van der Waals surface area contributed by atoms with Crippen molar-refractivity contribution in [3.8, 4) is 11.1 Å². The number of likely N-dealkylation sites (tertiary alicyclic amines) is 1. The molecule has 1 heterocycles. The normalized spacial score (nSPS) is 20.5. The lowest BCUT2D eigenvalue weighted by atomic mass is 9.84. The molecule has 1 aliphatic carbocycles. The molecule has 1 saturated heterocycles. The highest BCUT2D eigenvalue weighted by atomic mass is 16.5. The standard InChI is InChI=1S/C28H34N2O5/c1-17-13-18(26(32)33)15-30(14-17)25(31)24(28(2,3)4)29-27(34)35-16-23-21-11-7-5-9-19(21)20-10-6-8-12-22(20)23/h5-12,17-18,23-24H,13-16H2,1-4H3,(H,29,34)(H,32,33). The predicted octanol–water partition coefficient (Wildman–Crippen LogP) is 4.51. The number of ether oxygens (including phenoxy) is 1. The van der Waals surface area contributed by atoms with Crippen molar-refractivity contribution in [1.29, 1.82) is 0 Å². The van der Waals surface area contributed by atoms with E-state index in [1.54, 1.807) is 4.90 Å². The van der Waals surface area contributed by atoms with Crippen LogP contribution in [-0.4, -0.2) is 53.7 Å². The SMILES string of the molecule is CC1CC(C(=O)O)CN(C(=O)C(NC(=O)OCC2c3ccccc3-c3ccccc32)C(C)(C)C)C1. The smallest absolute Gasteiger partial charge is 0.407 e. The summed E-state index contributed by atoms with van der Waals surface area (Å²) >= 11 is 0. The molecule has 2 amide bonds. The highest BCUT2D eigenvalue weighted by Gasteiger charge is 2.40. The van der Waals surface area contributed by atoms with Crippen molar-refractivity contribution >= 4 is 18.0 Å². The van der Waals surface area contributed by atoms with Crippen LogP contribution < -0.4 is 5.32 Å². The number of carboxylic acid groups (broad SMARTS) is 1. The number of aliphatic carboxylic acids is 1. The third-order valence-corrected chi connectivity index (χ3v) is 7.04. The summed E-state index contributed by atoms with van der Waals surface area (Å²) in [5.41, 5.74) is 3.94. The first-order valence-electron chi connectivity index (χ1n) is 12.2. The molecule has 2 aromatic rings. The molecule has 4 rings (SSSR count). The molecule has 186 valence electrons. The van der Waals surface area contributed by atoms with Crippen molar-refractivity contribution in [2.45, 2.75) is 46.1 Å². The van der Waals surface area contributed by atoms with Gasteiger partial charge >= 0.3 is 12.1 Å². The van der Waals surface area contributed by atoms with Gasteiger partial charge in [-0.2, -0.15) is 0 Å². The van der Waals surface area contributed by atoms with Gasteiger partial charge in [0.15, 0.2) is 0 Å². The zero-order valence-corrected chi connectivity index (χ0v) is 20.8.